The van der Waals surface area contributed by atoms with Crippen LogP contribution in [0.3, 0.4) is 0 Å². The van der Waals surface area contributed by atoms with Crippen LogP contribution in [-0.4, -0.2) is 45.5 Å². The van der Waals surface area contributed by atoms with Crippen molar-refractivity contribution in [1.82, 2.24) is 19.4 Å². The lowest BCUT2D eigenvalue weighted by Gasteiger charge is -2.41. The van der Waals surface area contributed by atoms with Crippen LogP contribution in [0.4, 0.5) is 19.0 Å². The number of piperidine rings is 1. The normalized spacial score (nSPS) is 19.1. The number of nitrogens with one attached hydrogen (secondary N) is 1. The van der Waals surface area contributed by atoms with Crippen LogP contribution in [-0.2, 0) is 22.2 Å². The van der Waals surface area contributed by atoms with E-state index < -0.39 is 29.4 Å². The van der Waals surface area contributed by atoms with E-state index in [1.165, 1.54) is 37.1 Å². The maximum atomic E-state index is 14.8. The highest BCUT2D eigenvalue weighted by molar-refractivity contribution is 5.87. The van der Waals surface area contributed by atoms with Crippen LogP contribution >= 0.6 is 0 Å². The number of methoxy groups -OCH3 is 1. The fourth-order valence-electron chi connectivity index (χ4n) is 4.85. The summed E-state index contributed by atoms with van der Waals surface area (Å²) < 4.78 is 48.4. The van der Waals surface area contributed by atoms with E-state index in [-0.39, 0.29) is 23.6 Å². The molecule has 0 spiro atoms. The first-order valence-corrected chi connectivity index (χ1v) is 11.6. The van der Waals surface area contributed by atoms with E-state index in [0.29, 0.717) is 41.8 Å². The fraction of sp³-hybridized carbons (Fsp3) is 0.440. The average molecular weight is 504 g/mol. The molecular formula is C25H28F3N5O3. The summed E-state index contributed by atoms with van der Waals surface area (Å²) in [4.78, 5) is 35.7. The zero-order valence-electron chi connectivity index (χ0n) is 20.5. The van der Waals surface area contributed by atoms with Gasteiger partial charge in [-0.15, -0.1) is 0 Å². The topological polar surface area (TPSA) is 89.3 Å². The lowest BCUT2D eigenvalue weighted by atomic mass is 9.85. The Morgan fingerprint density at radius 3 is 2.64 bits per heavy atom. The third kappa shape index (κ3) is 4.43. The molecule has 4 rings (SSSR count). The van der Waals surface area contributed by atoms with Gasteiger partial charge in [-0.25, -0.2) is 23.1 Å². The Morgan fingerprint density at radius 1 is 1.25 bits per heavy atom. The molecular weight excluding hydrogens is 475 g/mol. The molecule has 2 aromatic heterocycles. The first-order chi connectivity index (χ1) is 17.1. The number of aromatic nitrogens is 3. The highest BCUT2D eigenvalue weighted by Crippen LogP contribution is 2.36. The molecule has 1 saturated heterocycles. The van der Waals surface area contributed by atoms with Crippen LogP contribution in [0.5, 0.6) is 0 Å². The number of pyridine rings is 1. The van der Waals surface area contributed by atoms with Crippen LogP contribution in [0.1, 0.15) is 55.8 Å². The van der Waals surface area contributed by atoms with Crippen molar-refractivity contribution in [3.63, 3.8) is 0 Å². The van der Waals surface area contributed by atoms with Crippen LogP contribution in [0.2, 0.25) is 0 Å². The Hall–Kier alpha value is -3.47. The molecule has 1 fully saturated rings. The van der Waals surface area contributed by atoms with Crippen LogP contribution in [0.15, 0.2) is 35.4 Å². The smallest absolute Gasteiger partial charge is 0.266 e. The van der Waals surface area contributed by atoms with E-state index in [1.807, 2.05) is 0 Å². The predicted octanol–water partition coefficient (Wildman–Crippen LogP) is 4.06. The summed E-state index contributed by atoms with van der Waals surface area (Å²) in [7, 11) is 3.09. The Bertz CT molecular complexity index is 1360. The van der Waals surface area contributed by atoms with Gasteiger partial charge in [0.05, 0.1) is 29.1 Å². The second kappa shape index (κ2) is 9.88. The number of carbonyl (C=O) groups excluding carboxylic acids is 1. The van der Waals surface area contributed by atoms with E-state index in [0.717, 1.165) is 6.07 Å². The zero-order chi connectivity index (χ0) is 26.2. The summed E-state index contributed by atoms with van der Waals surface area (Å²) >= 11 is 0. The Balaban J connectivity index is 1.81. The second-order valence-electron chi connectivity index (χ2n) is 9.04. The van der Waals surface area contributed by atoms with Gasteiger partial charge in [0.15, 0.2) is 0 Å². The van der Waals surface area contributed by atoms with Crippen LogP contribution in [0, 0.1) is 5.82 Å². The summed E-state index contributed by atoms with van der Waals surface area (Å²) in [5.74, 6) is -0.790. The van der Waals surface area contributed by atoms with E-state index in [4.69, 9.17) is 4.74 Å². The fourth-order valence-corrected chi connectivity index (χ4v) is 4.85. The van der Waals surface area contributed by atoms with Gasteiger partial charge in [-0.1, -0.05) is 18.2 Å². The van der Waals surface area contributed by atoms with Crippen molar-refractivity contribution in [3.05, 3.63) is 63.5 Å². The van der Waals surface area contributed by atoms with Crippen molar-refractivity contribution in [1.29, 1.82) is 0 Å². The van der Waals surface area contributed by atoms with Crippen molar-refractivity contribution >= 4 is 22.8 Å². The molecule has 11 heteroatoms. The number of hydrogen-bond acceptors (Lipinski definition) is 6. The minimum Gasteiger partial charge on any atom is -0.371 e. The maximum Gasteiger partial charge on any atom is 0.266 e. The molecule has 1 amide bonds. The standard InChI is InChI=1S/C25H28F3N5O3/c1-14(16-7-5-8-17(20(16)26)21(27)28)31-22-18-11-19(24(35)32(3)23(18)30-13-29-22)25(36-4)9-6-10-33(12-25)15(2)34/h5,7-8,11,13-14,21H,6,9-10,12H2,1-4H3,(H,29,30,31)/t14-,25?/m1/s1. The number of benzene rings is 1. The molecule has 36 heavy (non-hydrogen) atoms. The van der Waals surface area contributed by atoms with E-state index in [2.05, 4.69) is 15.3 Å². The second-order valence-corrected chi connectivity index (χ2v) is 9.04. The Kier molecular flexibility index (Phi) is 7.03. The number of anilines is 1. The lowest BCUT2D eigenvalue weighted by Crippen LogP contribution is -2.51. The van der Waals surface area contributed by atoms with Gasteiger partial charge in [0.2, 0.25) is 5.91 Å². The van der Waals surface area contributed by atoms with Crippen LogP contribution < -0.4 is 10.9 Å². The minimum absolute atomic E-state index is 0.0577. The van der Waals surface area contributed by atoms with Gasteiger partial charge in [-0.2, -0.15) is 0 Å². The summed E-state index contributed by atoms with van der Waals surface area (Å²) in [6, 6.07) is 4.79. The van der Waals surface area contributed by atoms with Crippen molar-refractivity contribution in [2.24, 2.45) is 7.05 Å². The summed E-state index contributed by atoms with van der Waals surface area (Å²) in [6.45, 7) is 3.90. The zero-order valence-corrected chi connectivity index (χ0v) is 20.5. The largest absolute Gasteiger partial charge is 0.371 e. The third-order valence-electron chi connectivity index (χ3n) is 6.90. The SMILES string of the molecule is COC1(c2cc3c(N[C@H](C)c4cccc(C(F)F)c4F)ncnc3n(C)c2=O)CCCN(C(C)=O)C1. The van der Waals surface area contributed by atoms with Crippen molar-refractivity contribution in [3.8, 4) is 0 Å². The Labute approximate surface area is 206 Å². The van der Waals surface area contributed by atoms with Crippen molar-refractivity contribution < 1.29 is 22.7 Å². The molecule has 192 valence electrons. The molecule has 8 nitrogen and oxygen atoms in total. The number of alkyl halides is 2. The summed E-state index contributed by atoms with van der Waals surface area (Å²) in [6.07, 6.45) is -0.481. The van der Waals surface area contributed by atoms with E-state index >= 15 is 0 Å². The van der Waals surface area contributed by atoms with Crippen molar-refractivity contribution in [2.45, 2.75) is 44.8 Å². The molecule has 1 aromatic carbocycles. The summed E-state index contributed by atoms with van der Waals surface area (Å²) in [5.41, 5.74) is -1.27. The molecule has 3 aromatic rings. The predicted molar refractivity (Wildman–Crippen MR) is 128 cm³/mol. The number of carbonyl (C=O) groups is 1. The summed E-state index contributed by atoms with van der Waals surface area (Å²) in [5, 5.41) is 3.56. The minimum atomic E-state index is -2.94. The van der Waals surface area contributed by atoms with Gasteiger partial charge in [0, 0.05) is 33.2 Å². The number of hydrogen-bond donors (Lipinski definition) is 1. The maximum absolute atomic E-state index is 14.8. The molecule has 0 aliphatic carbocycles. The first-order valence-electron chi connectivity index (χ1n) is 11.6. The number of halogens is 3. The van der Waals surface area contributed by atoms with Gasteiger partial charge < -0.3 is 15.0 Å². The third-order valence-corrected chi connectivity index (χ3v) is 6.90. The number of fused-ring (bicyclic) bond motifs is 1. The van der Waals surface area contributed by atoms with Gasteiger partial charge in [0.25, 0.3) is 12.0 Å². The van der Waals surface area contributed by atoms with E-state index in [9.17, 15) is 22.8 Å². The number of amides is 1. The van der Waals surface area contributed by atoms with Crippen molar-refractivity contribution in [2.75, 3.05) is 25.5 Å². The van der Waals surface area contributed by atoms with Gasteiger partial charge in [-0.3, -0.25) is 14.2 Å². The highest BCUT2D eigenvalue weighted by Gasteiger charge is 2.41. The average Bonchev–Trinajstić information content (AvgIpc) is 2.86. The molecule has 0 saturated carbocycles. The number of rotatable bonds is 6. The molecule has 2 atom stereocenters. The Morgan fingerprint density at radius 2 is 1.97 bits per heavy atom. The number of aryl methyl sites for hydroxylation is 1. The van der Waals surface area contributed by atoms with Gasteiger partial charge in [0.1, 0.15) is 29.2 Å². The molecule has 1 aliphatic heterocycles. The quantitative estimate of drug-likeness (QED) is 0.546. The monoisotopic (exact) mass is 503 g/mol. The molecule has 1 N–H and O–H groups in total. The molecule has 1 aliphatic rings. The molecule has 0 bridgehead atoms. The molecule has 3 heterocycles. The highest BCUT2D eigenvalue weighted by atomic mass is 19.3. The molecule has 0 radical (unpaired) electrons. The van der Waals surface area contributed by atoms with E-state index in [1.54, 1.807) is 24.9 Å². The van der Waals surface area contributed by atoms with Gasteiger partial charge >= 0.3 is 0 Å². The number of likely N-dealkylation sites (tertiary alicyclic amines) is 1. The van der Waals surface area contributed by atoms with Gasteiger partial charge in [-0.05, 0) is 25.8 Å². The molecule has 1 unspecified atom stereocenters. The first kappa shape index (κ1) is 25.6. The lowest BCUT2D eigenvalue weighted by molar-refractivity contribution is -0.139. The number of nitrogens with zero attached hydrogens (tertiary/aromatic N) is 4. The van der Waals surface area contributed by atoms with Crippen LogP contribution in [0.25, 0.3) is 11.0 Å². The number of ether oxygens (including phenoxy) is 1.